The van der Waals surface area contributed by atoms with Crippen LogP contribution in [-0.2, 0) is 0 Å². The second kappa shape index (κ2) is 9.94. The van der Waals surface area contributed by atoms with Gasteiger partial charge in [-0.3, -0.25) is 0 Å². The molecule has 2 aliphatic heterocycles. The first kappa shape index (κ1) is 23.5. The van der Waals surface area contributed by atoms with Gasteiger partial charge in [-0.25, -0.2) is 4.98 Å². The first-order valence-corrected chi connectivity index (χ1v) is 14.3. The fourth-order valence-corrected chi connectivity index (χ4v) is 7.75. The Kier molecular flexibility index (Phi) is 5.99. The van der Waals surface area contributed by atoms with Gasteiger partial charge in [0.15, 0.2) is 0 Å². The number of para-hydroxylation sites is 1. The number of hydrogen-bond acceptors (Lipinski definition) is 5. The molecule has 0 N–H and O–H groups in total. The standard InChI is InChI=1S/C33H27N4OP/c1-35-20-21-36(24-35)25-10-9-11-26(22-25)37-29-14-5-6-15-31(29)39(28-12-3-2-4-13-28)32-18-17-27(23-30(32)37)38-33-16-7-8-19-34-33/h2-23H,24H2,1H3. The zero-order valence-electron chi connectivity index (χ0n) is 21.6. The fraction of sp³-hybridized carbons (Fsp3) is 0.0606. The maximum atomic E-state index is 6.22. The van der Waals surface area contributed by atoms with E-state index in [-0.39, 0.29) is 0 Å². The van der Waals surface area contributed by atoms with E-state index in [2.05, 4.69) is 136 Å². The number of aromatic nitrogens is 1. The van der Waals surface area contributed by atoms with Gasteiger partial charge in [0, 0.05) is 59.8 Å². The van der Waals surface area contributed by atoms with Crippen molar-refractivity contribution in [2.45, 2.75) is 0 Å². The summed E-state index contributed by atoms with van der Waals surface area (Å²) < 4.78 is 6.22. The number of ether oxygens (including phenoxy) is 1. The molecule has 4 aromatic carbocycles. The van der Waals surface area contributed by atoms with Crippen LogP contribution in [0.1, 0.15) is 0 Å². The van der Waals surface area contributed by atoms with Crippen molar-refractivity contribution in [1.82, 2.24) is 9.88 Å². The average Bonchev–Trinajstić information content (AvgIpc) is 3.43. The van der Waals surface area contributed by atoms with E-state index in [9.17, 15) is 0 Å². The van der Waals surface area contributed by atoms with Gasteiger partial charge >= 0.3 is 0 Å². The topological polar surface area (TPSA) is 31.8 Å². The first-order chi connectivity index (χ1) is 19.2. The third-order valence-electron chi connectivity index (χ3n) is 6.96. The van der Waals surface area contributed by atoms with Gasteiger partial charge in [0.1, 0.15) is 5.75 Å². The normalized spacial score (nSPS) is 15.7. The molecule has 5 nitrogen and oxygen atoms in total. The van der Waals surface area contributed by atoms with Crippen LogP contribution in [0.4, 0.5) is 22.7 Å². The van der Waals surface area contributed by atoms with Gasteiger partial charge in [-0.1, -0.05) is 60.7 Å². The summed E-state index contributed by atoms with van der Waals surface area (Å²) in [5, 5.41) is 3.98. The first-order valence-electron chi connectivity index (χ1n) is 13.0. The Morgan fingerprint density at radius 3 is 2.31 bits per heavy atom. The van der Waals surface area contributed by atoms with Gasteiger partial charge in [-0.15, -0.1) is 0 Å². The molecule has 5 aromatic rings. The van der Waals surface area contributed by atoms with Crippen molar-refractivity contribution < 1.29 is 4.74 Å². The second-order valence-electron chi connectivity index (χ2n) is 9.60. The van der Waals surface area contributed by atoms with Gasteiger partial charge in [-0.2, -0.15) is 0 Å². The fourth-order valence-electron chi connectivity index (χ4n) is 5.21. The Balaban J connectivity index is 1.40. The monoisotopic (exact) mass is 526 g/mol. The zero-order valence-corrected chi connectivity index (χ0v) is 22.4. The van der Waals surface area contributed by atoms with Crippen molar-refractivity contribution in [2.75, 3.05) is 23.5 Å². The smallest absolute Gasteiger partial charge is 0.219 e. The summed E-state index contributed by atoms with van der Waals surface area (Å²) in [6.45, 7) is 0.831. The highest BCUT2D eigenvalue weighted by Gasteiger charge is 2.33. The summed E-state index contributed by atoms with van der Waals surface area (Å²) in [6, 6.07) is 40.6. The van der Waals surface area contributed by atoms with E-state index >= 15 is 0 Å². The summed E-state index contributed by atoms with van der Waals surface area (Å²) in [4.78, 5) is 11.2. The van der Waals surface area contributed by atoms with E-state index in [1.54, 1.807) is 6.20 Å². The van der Waals surface area contributed by atoms with Crippen LogP contribution in [0.5, 0.6) is 11.6 Å². The molecule has 0 saturated heterocycles. The summed E-state index contributed by atoms with van der Waals surface area (Å²) in [6.07, 6.45) is 5.98. The van der Waals surface area contributed by atoms with E-state index in [4.69, 9.17) is 4.74 Å². The Morgan fingerprint density at radius 2 is 1.49 bits per heavy atom. The van der Waals surface area contributed by atoms with Crippen LogP contribution in [0.25, 0.3) is 0 Å². The summed E-state index contributed by atoms with van der Waals surface area (Å²) in [7, 11) is 1.34. The largest absolute Gasteiger partial charge is 0.439 e. The Labute approximate surface area is 230 Å². The molecule has 190 valence electrons. The van der Waals surface area contributed by atoms with E-state index in [0.717, 1.165) is 29.5 Å². The number of rotatable bonds is 5. The molecule has 0 radical (unpaired) electrons. The quantitative estimate of drug-likeness (QED) is 0.237. The highest BCUT2D eigenvalue weighted by atomic mass is 31.1. The van der Waals surface area contributed by atoms with Crippen LogP contribution >= 0.6 is 7.92 Å². The number of benzene rings is 4. The Hall–Kier alpha value is -4.60. The van der Waals surface area contributed by atoms with Crippen LogP contribution < -0.4 is 30.5 Å². The molecule has 6 heteroatoms. The van der Waals surface area contributed by atoms with Crippen molar-refractivity contribution >= 4 is 46.6 Å². The Bertz CT molecular complexity index is 1660. The number of hydrogen-bond donors (Lipinski definition) is 0. The minimum absolute atomic E-state index is 0.581. The minimum atomic E-state index is -0.751. The lowest BCUT2D eigenvalue weighted by Gasteiger charge is -2.38. The molecule has 0 saturated carbocycles. The lowest BCUT2D eigenvalue weighted by atomic mass is 10.1. The average molecular weight is 527 g/mol. The van der Waals surface area contributed by atoms with E-state index in [1.807, 2.05) is 18.2 Å². The summed E-state index contributed by atoms with van der Waals surface area (Å²) >= 11 is 0. The molecule has 7 rings (SSSR count). The highest BCUT2D eigenvalue weighted by molar-refractivity contribution is 7.80. The maximum Gasteiger partial charge on any atom is 0.219 e. The van der Waals surface area contributed by atoms with E-state index < -0.39 is 7.92 Å². The molecule has 2 aliphatic rings. The molecular weight excluding hydrogens is 499 g/mol. The van der Waals surface area contributed by atoms with E-state index in [0.29, 0.717) is 5.88 Å². The molecule has 0 fully saturated rings. The van der Waals surface area contributed by atoms with Crippen LogP contribution in [0, 0.1) is 0 Å². The maximum absolute atomic E-state index is 6.22. The van der Waals surface area contributed by atoms with Crippen molar-refractivity contribution in [3.05, 3.63) is 134 Å². The lowest BCUT2D eigenvalue weighted by molar-refractivity contribution is 0.463. The minimum Gasteiger partial charge on any atom is -0.439 e. The molecule has 1 aromatic heterocycles. The van der Waals surface area contributed by atoms with Gasteiger partial charge in [0.05, 0.1) is 18.0 Å². The van der Waals surface area contributed by atoms with Crippen LogP contribution in [-0.4, -0.2) is 23.6 Å². The van der Waals surface area contributed by atoms with Crippen LogP contribution in [0.15, 0.2) is 134 Å². The predicted octanol–water partition coefficient (Wildman–Crippen LogP) is 6.60. The molecule has 0 bridgehead atoms. The SMILES string of the molecule is CN1C=CN(c2cccc(N3c4ccccc4P(c4ccccc4)c4ccc(Oc5ccccn5)cc43)c2)C1. The van der Waals surface area contributed by atoms with Crippen molar-refractivity contribution in [3.8, 4) is 11.6 Å². The molecule has 1 atom stereocenters. The highest BCUT2D eigenvalue weighted by Crippen LogP contribution is 2.49. The molecule has 0 spiro atoms. The lowest BCUT2D eigenvalue weighted by Crippen LogP contribution is -2.34. The molecule has 0 amide bonds. The number of nitrogens with zero attached hydrogens (tertiary/aromatic N) is 4. The van der Waals surface area contributed by atoms with Gasteiger partial charge in [-0.05, 0) is 55.7 Å². The van der Waals surface area contributed by atoms with Gasteiger partial charge in [0.2, 0.25) is 5.88 Å². The van der Waals surface area contributed by atoms with Gasteiger partial charge in [0.25, 0.3) is 0 Å². The van der Waals surface area contributed by atoms with Crippen LogP contribution in [0.2, 0.25) is 0 Å². The Morgan fingerprint density at radius 1 is 0.692 bits per heavy atom. The van der Waals surface area contributed by atoms with Gasteiger partial charge < -0.3 is 19.4 Å². The summed E-state index contributed by atoms with van der Waals surface area (Å²) in [5.74, 6) is 1.34. The molecule has 3 heterocycles. The molecule has 0 aliphatic carbocycles. The molecule has 1 unspecified atom stereocenters. The number of anilines is 4. The van der Waals surface area contributed by atoms with Crippen molar-refractivity contribution in [2.24, 2.45) is 0 Å². The van der Waals surface area contributed by atoms with E-state index in [1.165, 1.54) is 21.6 Å². The zero-order chi connectivity index (χ0) is 26.2. The second-order valence-corrected chi connectivity index (χ2v) is 11.8. The number of pyridine rings is 1. The number of fused-ring (bicyclic) bond motifs is 2. The van der Waals surface area contributed by atoms with Crippen LogP contribution in [0.3, 0.4) is 0 Å². The predicted molar refractivity (Wildman–Crippen MR) is 162 cm³/mol. The van der Waals surface area contributed by atoms with Crippen molar-refractivity contribution in [3.63, 3.8) is 0 Å². The van der Waals surface area contributed by atoms with Crippen molar-refractivity contribution in [1.29, 1.82) is 0 Å². The molecular formula is C33H27N4OP. The third-order valence-corrected chi connectivity index (χ3v) is 9.50. The molecule has 39 heavy (non-hydrogen) atoms. The summed E-state index contributed by atoms with van der Waals surface area (Å²) in [5.41, 5.74) is 4.59. The third kappa shape index (κ3) is 4.41.